The van der Waals surface area contributed by atoms with Gasteiger partial charge in [-0.15, -0.1) is 0 Å². The van der Waals surface area contributed by atoms with Crippen LogP contribution in [0.15, 0.2) is 12.3 Å². The minimum absolute atomic E-state index is 0.111. The van der Waals surface area contributed by atoms with Crippen LogP contribution in [0.25, 0.3) is 0 Å². The first-order valence-electron chi connectivity index (χ1n) is 6.82. The molecule has 1 rings (SSSR count). The van der Waals surface area contributed by atoms with Crippen molar-refractivity contribution in [3.63, 3.8) is 0 Å². The van der Waals surface area contributed by atoms with E-state index < -0.39 is 11.7 Å². The summed E-state index contributed by atoms with van der Waals surface area (Å²) in [4.78, 5) is 27.2. The lowest BCUT2D eigenvalue weighted by Crippen LogP contribution is -2.32. The van der Waals surface area contributed by atoms with Crippen LogP contribution in [0.5, 0.6) is 0 Å². The van der Waals surface area contributed by atoms with Crippen molar-refractivity contribution in [2.24, 2.45) is 5.92 Å². The summed E-state index contributed by atoms with van der Waals surface area (Å²) in [6.07, 6.45) is 1.21. The Morgan fingerprint density at radius 2 is 2.05 bits per heavy atom. The Hall–Kier alpha value is -2.18. The molecule has 0 saturated heterocycles. The average Bonchev–Trinajstić information content (AvgIpc) is 2.44. The minimum Gasteiger partial charge on any atom is -0.372 e. The lowest BCUT2D eigenvalue weighted by Gasteiger charge is -2.10. The van der Waals surface area contributed by atoms with Crippen molar-refractivity contribution in [3.05, 3.63) is 23.6 Å². The number of hydrogen-bond donors (Lipinski definition) is 3. The summed E-state index contributed by atoms with van der Waals surface area (Å²) < 4.78 is 13.1. The number of aromatic nitrogens is 1. The quantitative estimate of drug-likeness (QED) is 0.705. The van der Waals surface area contributed by atoms with Gasteiger partial charge in [-0.2, -0.15) is 0 Å². The van der Waals surface area contributed by atoms with Crippen molar-refractivity contribution in [2.45, 2.75) is 20.3 Å². The second-order valence-corrected chi connectivity index (χ2v) is 5.00. The summed E-state index contributed by atoms with van der Waals surface area (Å²) in [6, 6.07) is 1.10. The standard InChI is InChI=1S/C14H21FN4O2/c1-9(2)7-18-12(20)4-5-17-14(21)11-6-10(15)8-19-13(11)16-3/h6,8-9H,4-5,7H2,1-3H3,(H,16,19)(H,17,21)(H,18,20). The number of carbonyl (C=O) groups is 2. The van der Waals surface area contributed by atoms with Gasteiger partial charge in [0.1, 0.15) is 11.6 Å². The fraction of sp³-hybridized carbons (Fsp3) is 0.500. The zero-order valence-corrected chi connectivity index (χ0v) is 12.5. The van der Waals surface area contributed by atoms with E-state index in [2.05, 4.69) is 20.9 Å². The van der Waals surface area contributed by atoms with Crippen LogP contribution in [0, 0.1) is 11.7 Å². The molecule has 0 bridgehead atoms. The number of halogens is 1. The Morgan fingerprint density at radius 1 is 1.33 bits per heavy atom. The Bertz CT molecular complexity index is 506. The maximum Gasteiger partial charge on any atom is 0.255 e. The first-order chi connectivity index (χ1) is 9.93. The smallest absolute Gasteiger partial charge is 0.255 e. The number of carbonyl (C=O) groups excluding carboxylic acids is 2. The third-order valence-electron chi connectivity index (χ3n) is 2.68. The second-order valence-electron chi connectivity index (χ2n) is 5.00. The summed E-state index contributed by atoms with van der Waals surface area (Å²) in [7, 11) is 1.59. The zero-order valence-electron chi connectivity index (χ0n) is 12.5. The molecule has 1 aromatic rings. The number of pyridine rings is 1. The van der Waals surface area contributed by atoms with E-state index in [0.717, 1.165) is 12.3 Å². The SMILES string of the molecule is CNc1ncc(F)cc1C(=O)NCCC(=O)NCC(C)C. The molecule has 0 unspecified atom stereocenters. The topological polar surface area (TPSA) is 83.1 Å². The van der Waals surface area contributed by atoms with E-state index in [9.17, 15) is 14.0 Å². The molecule has 3 N–H and O–H groups in total. The number of amides is 2. The second kappa shape index (κ2) is 8.18. The van der Waals surface area contributed by atoms with E-state index in [1.807, 2.05) is 13.8 Å². The van der Waals surface area contributed by atoms with Crippen molar-refractivity contribution in [3.8, 4) is 0 Å². The summed E-state index contributed by atoms with van der Waals surface area (Å²) in [5.74, 6) is -0.523. The molecule has 21 heavy (non-hydrogen) atoms. The highest BCUT2D eigenvalue weighted by atomic mass is 19.1. The summed E-state index contributed by atoms with van der Waals surface area (Å²) in [6.45, 7) is 4.78. The lowest BCUT2D eigenvalue weighted by molar-refractivity contribution is -0.121. The van der Waals surface area contributed by atoms with E-state index in [0.29, 0.717) is 12.5 Å². The van der Waals surface area contributed by atoms with Crippen LogP contribution in [0.4, 0.5) is 10.2 Å². The van der Waals surface area contributed by atoms with Crippen LogP contribution in [0.3, 0.4) is 0 Å². The van der Waals surface area contributed by atoms with Crippen molar-refractivity contribution >= 4 is 17.6 Å². The number of nitrogens with one attached hydrogen (secondary N) is 3. The number of rotatable bonds is 7. The van der Waals surface area contributed by atoms with Crippen LogP contribution < -0.4 is 16.0 Å². The molecule has 0 spiro atoms. The predicted molar refractivity (Wildman–Crippen MR) is 78.5 cm³/mol. The van der Waals surface area contributed by atoms with Gasteiger partial charge in [0.05, 0.1) is 11.8 Å². The van der Waals surface area contributed by atoms with E-state index in [4.69, 9.17) is 0 Å². The molecular weight excluding hydrogens is 275 g/mol. The van der Waals surface area contributed by atoms with Gasteiger partial charge < -0.3 is 16.0 Å². The van der Waals surface area contributed by atoms with E-state index in [-0.39, 0.29) is 30.3 Å². The molecule has 0 aliphatic rings. The molecule has 0 saturated carbocycles. The highest BCUT2D eigenvalue weighted by Crippen LogP contribution is 2.12. The van der Waals surface area contributed by atoms with Gasteiger partial charge in [0.25, 0.3) is 5.91 Å². The normalized spacial score (nSPS) is 10.3. The predicted octanol–water partition coefficient (Wildman–Crippen LogP) is 1.15. The first-order valence-corrected chi connectivity index (χ1v) is 6.82. The molecule has 1 heterocycles. The zero-order chi connectivity index (χ0) is 15.8. The van der Waals surface area contributed by atoms with E-state index in [1.54, 1.807) is 7.05 Å². The molecule has 2 amide bonds. The van der Waals surface area contributed by atoms with Crippen molar-refractivity contribution in [2.75, 3.05) is 25.5 Å². The van der Waals surface area contributed by atoms with Crippen LogP contribution >= 0.6 is 0 Å². The summed E-state index contributed by atoms with van der Waals surface area (Å²) in [5, 5.41) is 8.04. The van der Waals surface area contributed by atoms with Crippen LogP contribution in [-0.2, 0) is 4.79 Å². The Labute approximate surface area is 123 Å². The van der Waals surface area contributed by atoms with Crippen molar-refractivity contribution < 1.29 is 14.0 Å². The molecule has 0 fully saturated rings. The third kappa shape index (κ3) is 5.76. The van der Waals surface area contributed by atoms with Gasteiger partial charge in [0.2, 0.25) is 5.91 Å². The molecule has 0 atom stereocenters. The minimum atomic E-state index is -0.589. The molecule has 0 radical (unpaired) electrons. The highest BCUT2D eigenvalue weighted by molar-refractivity contribution is 5.98. The molecule has 6 nitrogen and oxygen atoms in total. The van der Waals surface area contributed by atoms with Gasteiger partial charge in [0.15, 0.2) is 0 Å². The summed E-state index contributed by atoms with van der Waals surface area (Å²) in [5.41, 5.74) is 0.111. The Morgan fingerprint density at radius 3 is 2.67 bits per heavy atom. The fourth-order valence-electron chi connectivity index (χ4n) is 1.60. The van der Waals surface area contributed by atoms with E-state index in [1.165, 1.54) is 0 Å². The van der Waals surface area contributed by atoms with Gasteiger partial charge in [-0.3, -0.25) is 9.59 Å². The molecule has 116 valence electrons. The molecule has 0 aliphatic carbocycles. The Kier molecular flexibility index (Phi) is 6.58. The summed E-state index contributed by atoms with van der Waals surface area (Å²) >= 11 is 0. The number of hydrogen-bond acceptors (Lipinski definition) is 4. The van der Waals surface area contributed by atoms with Crippen LogP contribution in [0.1, 0.15) is 30.6 Å². The molecule has 7 heteroatoms. The maximum absolute atomic E-state index is 13.1. The van der Waals surface area contributed by atoms with Gasteiger partial charge in [-0.25, -0.2) is 9.37 Å². The van der Waals surface area contributed by atoms with Gasteiger partial charge >= 0.3 is 0 Å². The van der Waals surface area contributed by atoms with Crippen molar-refractivity contribution in [1.82, 2.24) is 15.6 Å². The maximum atomic E-state index is 13.1. The van der Waals surface area contributed by atoms with Gasteiger partial charge in [-0.1, -0.05) is 13.8 Å². The van der Waals surface area contributed by atoms with Gasteiger partial charge in [0, 0.05) is 26.6 Å². The molecule has 1 aromatic heterocycles. The van der Waals surface area contributed by atoms with Crippen LogP contribution in [-0.4, -0.2) is 36.9 Å². The number of anilines is 1. The largest absolute Gasteiger partial charge is 0.372 e. The monoisotopic (exact) mass is 296 g/mol. The van der Waals surface area contributed by atoms with E-state index >= 15 is 0 Å². The highest BCUT2D eigenvalue weighted by Gasteiger charge is 2.13. The first kappa shape index (κ1) is 16.9. The molecular formula is C14H21FN4O2. The lowest BCUT2D eigenvalue weighted by atomic mass is 10.2. The fourth-order valence-corrected chi connectivity index (χ4v) is 1.60. The molecule has 0 aromatic carbocycles. The van der Waals surface area contributed by atoms with Crippen LogP contribution in [0.2, 0.25) is 0 Å². The number of nitrogens with zero attached hydrogens (tertiary/aromatic N) is 1. The van der Waals surface area contributed by atoms with Crippen molar-refractivity contribution in [1.29, 1.82) is 0 Å². The van der Waals surface area contributed by atoms with Gasteiger partial charge in [-0.05, 0) is 12.0 Å². The molecule has 0 aliphatic heterocycles. The third-order valence-corrected chi connectivity index (χ3v) is 2.68. The Balaban J connectivity index is 2.47. The average molecular weight is 296 g/mol.